The van der Waals surface area contributed by atoms with E-state index in [0.717, 1.165) is 18.2 Å². The lowest BCUT2D eigenvalue weighted by Gasteiger charge is -2.27. The maximum absolute atomic E-state index is 11.9. The summed E-state index contributed by atoms with van der Waals surface area (Å²) >= 11 is 0. The Hall–Kier alpha value is -1.35. The molecule has 0 heterocycles. The van der Waals surface area contributed by atoms with Crippen LogP contribution in [0.4, 0.5) is 5.69 Å². The van der Waals surface area contributed by atoms with Gasteiger partial charge in [0.2, 0.25) is 5.91 Å². The smallest absolute Gasteiger partial charge is 0.241 e. The molecular weight excluding hydrogens is 212 g/mol. The van der Waals surface area contributed by atoms with Crippen LogP contribution in [0.1, 0.15) is 26.2 Å². The van der Waals surface area contributed by atoms with E-state index in [9.17, 15) is 4.79 Å². The minimum absolute atomic E-state index is 0.0375. The number of anilines is 1. The first-order valence-electron chi connectivity index (χ1n) is 6.35. The maximum atomic E-state index is 11.9. The first-order valence-corrected chi connectivity index (χ1v) is 6.35. The van der Waals surface area contributed by atoms with Crippen molar-refractivity contribution in [2.24, 2.45) is 5.92 Å². The minimum Gasteiger partial charge on any atom is -0.325 e. The number of para-hydroxylation sites is 1. The molecule has 2 rings (SSSR count). The molecule has 0 radical (unpaired) electrons. The number of rotatable bonds is 5. The number of carbonyl (C=O) groups excluding carboxylic acids is 1. The van der Waals surface area contributed by atoms with Gasteiger partial charge in [-0.3, -0.25) is 4.79 Å². The van der Waals surface area contributed by atoms with Gasteiger partial charge in [-0.25, -0.2) is 0 Å². The van der Waals surface area contributed by atoms with Crippen LogP contribution in [0.25, 0.3) is 0 Å². The van der Waals surface area contributed by atoms with Gasteiger partial charge in [0.05, 0.1) is 6.04 Å². The number of hydrogen-bond donors (Lipinski definition) is 2. The molecule has 92 valence electrons. The Morgan fingerprint density at radius 3 is 2.65 bits per heavy atom. The summed E-state index contributed by atoms with van der Waals surface area (Å²) in [4.78, 5) is 11.9. The van der Waals surface area contributed by atoms with E-state index < -0.39 is 0 Å². The average Bonchev–Trinajstić information content (AvgIpc) is 2.28. The summed E-state index contributed by atoms with van der Waals surface area (Å²) in [5, 5.41) is 6.19. The molecule has 1 aromatic rings. The van der Waals surface area contributed by atoms with Gasteiger partial charge in [-0.2, -0.15) is 0 Å². The van der Waals surface area contributed by atoms with Crippen molar-refractivity contribution in [1.82, 2.24) is 5.32 Å². The second-order valence-corrected chi connectivity index (χ2v) is 4.78. The molecule has 1 aliphatic rings. The Morgan fingerprint density at radius 2 is 2.06 bits per heavy atom. The first kappa shape index (κ1) is 12.1. The second-order valence-electron chi connectivity index (χ2n) is 4.78. The van der Waals surface area contributed by atoms with Crippen LogP contribution in [0.5, 0.6) is 0 Å². The Kier molecular flexibility index (Phi) is 4.15. The van der Waals surface area contributed by atoms with Crippen molar-refractivity contribution in [3.8, 4) is 0 Å². The van der Waals surface area contributed by atoms with Crippen molar-refractivity contribution in [2.45, 2.75) is 32.2 Å². The van der Waals surface area contributed by atoms with Gasteiger partial charge < -0.3 is 10.6 Å². The predicted octanol–water partition coefficient (Wildman–Crippen LogP) is 2.40. The third-order valence-corrected chi connectivity index (χ3v) is 3.37. The van der Waals surface area contributed by atoms with Crippen LogP contribution in [0.3, 0.4) is 0 Å². The summed E-state index contributed by atoms with van der Waals surface area (Å²) in [6, 6.07) is 9.45. The third kappa shape index (κ3) is 3.56. The van der Waals surface area contributed by atoms with Gasteiger partial charge >= 0.3 is 0 Å². The number of hydrogen-bond acceptors (Lipinski definition) is 2. The van der Waals surface area contributed by atoms with E-state index >= 15 is 0 Å². The highest BCUT2D eigenvalue weighted by Gasteiger charge is 2.19. The topological polar surface area (TPSA) is 41.1 Å². The van der Waals surface area contributed by atoms with Gasteiger partial charge in [-0.05, 0) is 44.4 Å². The molecule has 0 aliphatic heterocycles. The van der Waals surface area contributed by atoms with Gasteiger partial charge in [0.15, 0.2) is 0 Å². The molecule has 1 unspecified atom stereocenters. The van der Waals surface area contributed by atoms with Gasteiger partial charge in [-0.1, -0.05) is 24.6 Å². The van der Waals surface area contributed by atoms with E-state index in [1.807, 2.05) is 37.3 Å². The zero-order chi connectivity index (χ0) is 12.1. The monoisotopic (exact) mass is 232 g/mol. The fourth-order valence-corrected chi connectivity index (χ4v) is 1.91. The summed E-state index contributed by atoms with van der Waals surface area (Å²) in [6.45, 7) is 2.88. The van der Waals surface area contributed by atoms with Crippen molar-refractivity contribution >= 4 is 11.6 Å². The largest absolute Gasteiger partial charge is 0.325 e. The van der Waals surface area contributed by atoms with Crippen LogP contribution in [0.15, 0.2) is 30.3 Å². The van der Waals surface area contributed by atoms with Crippen LogP contribution in [0.2, 0.25) is 0 Å². The SMILES string of the molecule is CC(NCC1CCC1)C(=O)Nc1ccccc1. The third-order valence-electron chi connectivity index (χ3n) is 3.37. The standard InChI is InChI=1S/C14H20N2O/c1-11(15-10-12-6-5-7-12)14(17)16-13-8-3-2-4-9-13/h2-4,8-9,11-12,15H,5-7,10H2,1H3,(H,16,17). The van der Waals surface area contributed by atoms with Crippen LogP contribution in [-0.4, -0.2) is 18.5 Å². The molecule has 0 bridgehead atoms. The summed E-state index contributed by atoms with van der Waals surface area (Å²) in [6.07, 6.45) is 3.96. The molecule has 0 saturated heterocycles. The van der Waals surface area contributed by atoms with Gasteiger partial charge in [-0.15, -0.1) is 0 Å². The highest BCUT2D eigenvalue weighted by Crippen LogP contribution is 2.25. The summed E-state index contributed by atoms with van der Waals surface area (Å²) in [5.41, 5.74) is 0.856. The summed E-state index contributed by atoms with van der Waals surface area (Å²) < 4.78 is 0. The van der Waals surface area contributed by atoms with Crippen LogP contribution >= 0.6 is 0 Å². The van der Waals surface area contributed by atoms with Crippen LogP contribution in [-0.2, 0) is 4.79 Å². The minimum atomic E-state index is -0.129. The van der Waals surface area contributed by atoms with Crippen molar-refractivity contribution < 1.29 is 4.79 Å². The van der Waals surface area contributed by atoms with E-state index in [4.69, 9.17) is 0 Å². The summed E-state index contributed by atoms with van der Waals surface area (Å²) in [5.74, 6) is 0.817. The molecule has 0 spiro atoms. The molecule has 1 atom stereocenters. The van der Waals surface area contributed by atoms with Gasteiger partial charge in [0.1, 0.15) is 0 Å². The van der Waals surface area contributed by atoms with Crippen LogP contribution in [0, 0.1) is 5.92 Å². The van der Waals surface area contributed by atoms with Crippen molar-refractivity contribution in [1.29, 1.82) is 0 Å². The number of benzene rings is 1. The molecule has 1 aromatic carbocycles. The highest BCUT2D eigenvalue weighted by atomic mass is 16.2. The maximum Gasteiger partial charge on any atom is 0.241 e. The predicted molar refractivity (Wildman–Crippen MR) is 69.9 cm³/mol. The fourth-order valence-electron chi connectivity index (χ4n) is 1.91. The Labute approximate surface area is 103 Å². The molecule has 3 heteroatoms. The van der Waals surface area contributed by atoms with E-state index in [1.165, 1.54) is 19.3 Å². The Morgan fingerprint density at radius 1 is 1.35 bits per heavy atom. The Bertz CT molecular complexity index is 360. The van der Waals surface area contributed by atoms with E-state index in [0.29, 0.717) is 0 Å². The molecular formula is C14H20N2O. The molecule has 3 nitrogen and oxygen atoms in total. The molecule has 0 aromatic heterocycles. The number of nitrogens with one attached hydrogen (secondary N) is 2. The lowest BCUT2D eigenvalue weighted by atomic mass is 9.85. The van der Waals surface area contributed by atoms with E-state index in [2.05, 4.69) is 10.6 Å². The van der Waals surface area contributed by atoms with Crippen molar-refractivity contribution in [3.63, 3.8) is 0 Å². The molecule has 1 fully saturated rings. The summed E-state index contributed by atoms with van der Waals surface area (Å²) in [7, 11) is 0. The van der Waals surface area contributed by atoms with E-state index in [-0.39, 0.29) is 11.9 Å². The zero-order valence-corrected chi connectivity index (χ0v) is 10.3. The van der Waals surface area contributed by atoms with Crippen molar-refractivity contribution in [3.05, 3.63) is 30.3 Å². The second kappa shape index (κ2) is 5.82. The fraction of sp³-hybridized carbons (Fsp3) is 0.500. The zero-order valence-electron chi connectivity index (χ0n) is 10.3. The van der Waals surface area contributed by atoms with Gasteiger partial charge in [0.25, 0.3) is 0 Å². The number of carbonyl (C=O) groups is 1. The molecule has 1 aliphatic carbocycles. The first-order chi connectivity index (χ1) is 8.25. The van der Waals surface area contributed by atoms with Crippen LogP contribution < -0.4 is 10.6 Å². The normalized spacial score (nSPS) is 17.2. The quantitative estimate of drug-likeness (QED) is 0.818. The average molecular weight is 232 g/mol. The highest BCUT2D eigenvalue weighted by molar-refractivity contribution is 5.94. The molecule has 2 N–H and O–H groups in total. The lowest BCUT2D eigenvalue weighted by molar-refractivity contribution is -0.117. The lowest BCUT2D eigenvalue weighted by Crippen LogP contribution is -2.41. The molecule has 17 heavy (non-hydrogen) atoms. The Balaban J connectivity index is 1.74. The van der Waals surface area contributed by atoms with Gasteiger partial charge in [0, 0.05) is 5.69 Å². The number of amides is 1. The molecule has 1 amide bonds. The molecule has 1 saturated carbocycles. The van der Waals surface area contributed by atoms with Crippen molar-refractivity contribution in [2.75, 3.05) is 11.9 Å². The van der Waals surface area contributed by atoms with E-state index in [1.54, 1.807) is 0 Å².